The third-order valence-electron chi connectivity index (χ3n) is 5.63. The van der Waals surface area contributed by atoms with Gasteiger partial charge in [-0.2, -0.15) is 5.10 Å². The van der Waals surface area contributed by atoms with Crippen molar-refractivity contribution in [3.63, 3.8) is 0 Å². The fourth-order valence-corrected chi connectivity index (χ4v) is 3.79. The molecule has 2 aromatic carbocycles. The van der Waals surface area contributed by atoms with E-state index in [-0.39, 0.29) is 18.4 Å². The van der Waals surface area contributed by atoms with E-state index in [1.165, 1.54) is 11.6 Å². The van der Waals surface area contributed by atoms with Gasteiger partial charge in [0.05, 0.1) is 6.54 Å². The van der Waals surface area contributed by atoms with Gasteiger partial charge in [0.15, 0.2) is 5.69 Å². The maximum Gasteiger partial charge on any atom is 0.272 e. The fourth-order valence-electron chi connectivity index (χ4n) is 3.79. The van der Waals surface area contributed by atoms with Gasteiger partial charge in [-0.05, 0) is 43.0 Å². The van der Waals surface area contributed by atoms with E-state index < -0.39 is 5.82 Å². The number of aromatic amines is 1. The van der Waals surface area contributed by atoms with Crippen LogP contribution in [0, 0.1) is 12.7 Å². The number of H-pyrrole nitrogens is 1. The predicted octanol–water partition coefficient (Wildman–Crippen LogP) is 3.42. The smallest absolute Gasteiger partial charge is 0.272 e. The summed E-state index contributed by atoms with van der Waals surface area (Å²) in [5.74, 6) is -0.899. The first-order valence-electron chi connectivity index (χ1n) is 10.5. The van der Waals surface area contributed by atoms with Gasteiger partial charge in [0.2, 0.25) is 0 Å². The molecule has 0 aliphatic carbocycles. The summed E-state index contributed by atoms with van der Waals surface area (Å²) in [6.07, 6.45) is 2.28. The van der Waals surface area contributed by atoms with E-state index in [4.69, 9.17) is 0 Å². The van der Waals surface area contributed by atoms with Crippen LogP contribution in [-0.4, -0.2) is 40.0 Å². The molecule has 0 spiro atoms. The summed E-state index contributed by atoms with van der Waals surface area (Å²) in [4.78, 5) is 27.2. The Bertz CT molecular complexity index is 1090. The minimum atomic E-state index is -0.401. The van der Waals surface area contributed by atoms with E-state index in [1.54, 1.807) is 24.0 Å². The number of rotatable bonds is 6. The summed E-state index contributed by atoms with van der Waals surface area (Å²) in [6, 6.07) is 14.6. The lowest BCUT2D eigenvalue weighted by molar-refractivity contribution is 0.0730. The molecule has 2 amide bonds. The van der Waals surface area contributed by atoms with Crippen molar-refractivity contribution in [2.24, 2.45) is 0 Å². The Kier molecular flexibility index (Phi) is 6.11. The molecule has 0 radical (unpaired) electrons. The molecule has 0 saturated heterocycles. The molecular formula is C24H25FN4O2. The first-order chi connectivity index (χ1) is 15.0. The number of carbonyl (C=O) groups excluding carboxylic acids is 2. The Morgan fingerprint density at radius 3 is 2.77 bits per heavy atom. The zero-order valence-corrected chi connectivity index (χ0v) is 17.5. The number of hydrogen-bond donors (Lipinski definition) is 2. The lowest BCUT2D eigenvalue weighted by Crippen LogP contribution is -2.37. The summed E-state index contributed by atoms with van der Waals surface area (Å²) in [6.45, 7) is 2.96. The molecule has 0 saturated carbocycles. The second-order valence-electron chi connectivity index (χ2n) is 7.82. The second-order valence-corrected chi connectivity index (χ2v) is 7.82. The molecule has 3 aromatic rings. The first kappa shape index (κ1) is 20.8. The highest BCUT2D eigenvalue weighted by Gasteiger charge is 2.28. The first-order valence-corrected chi connectivity index (χ1v) is 10.5. The second kappa shape index (κ2) is 9.12. The van der Waals surface area contributed by atoms with Gasteiger partial charge in [-0.15, -0.1) is 0 Å². The molecule has 0 fully saturated rings. The Labute approximate surface area is 180 Å². The number of aromatic nitrogens is 2. The summed E-state index contributed by atoms with van der Waals surface area (Å²) in [7, 11) is 0. The lowest BCUT2D eigenvalue weighted by Gasteiger charge is -2.27. The average Bonchev–Trinajstić information content (AvgIpc) is 3.22. The molecule has 160 valence electrons. The van der Waals surface area contributed by atoms with Gasteiger partial charge in [0.1, 0.15) is 5.82 Å². The molecule has 7 heteroatoms. The van der Waals surface area contributed by atoms with Crippen molar-refractivity contribution in [1.82, 2.24) is 20.4 Å². The van der Waals surface area contributed by atoms with Crippen molar-refractivity contribution in [1.29, 1.82) is 0 Å². The van der Waals surface area contributed by atoms with Crippen LogP contribution in [0.25, 0.3) is 0 Å². The molecule has 0 bridgehead atoms. The highest BCUT2D eigenvalue weighted by Crippen LogP contribution is 2.22. The Morgan fingerprint density at radius 2 is 2.00 bits per heavy atom. The molecule has 2 N–H and O–H groups in total. The van der Waals surface area contributed by atoms with E-state index in [1.807, 2.05) is 18.2 Å². The van der Waals surface area contributed by atoms with Gasteiger partial charge in [-0.1, -0.05) is 36.4 Å². The van der Waals surface area contributed by atoms with E-state index >= 15 is 0 Å². The van der Waals surface area contributed by atoms with Crippen LogP contribution >= 0.6 is 0 Å². The maximum atomic E-state index is 13.9. The molecular weight excluding hydrogens is 395 g/mol. The van der Waals surface area contributed by atoms with Crippen molar-refractivity contribution >= 4 is 11.8 Å². The van der Waals surface area contributed by atoms with Crippen LogP contribution in [0.2, 0.25) is 0 Å². The van der Waals surface area contributed by atoms with Crippen molar-refractivity contribution in [3.8, 4) is 0 Å². The number of halogens is 1. The number of nitrogens with zero attached hydrogens (tertiary/aromatic N) is 2. The topological polar surface area (TPSA) is 78.1 Å². The minimum absolute atomic E-state index is 0.249. The monoisotopic (exact) mass is 420 g/mol. The van der Waals surface area contributed by atoms with Crippen molar-refractivity contribution in [3.05, 3.63) is 88.0 Å². The zero-order valence-electron chi connectivity index (χ0n) is 17.5. The normalized spacial score (nSPS) is 13.0. The highest BCUT2D eigenvalue weighted by atomic mass is 19.1. The standard InChI is InChI=1S/C24H25FN4O2/c1-16-9-10-18(14-20(16)25)24(31)29-13-11-21-19(15-29)22(28-27-21)23(30)26-12-5-8-17-6-3-2-4-7-17/h2-4,6-7,9-10,14H,5,8,11-13,15H2,1H3,(H,26,30)(H,27,28). The van der Waals surface area contributed by atoms with Crippen LogP contribution in [0.1, 0.15) is 49.7 Å². The Morgan fingerprint density at radius 1 is 1.19 bits per heavy atom. The summed E-state index contributed by atoms with van der Waals surface area (Å²) >= 11 is 0. The molecule has 1 aromatic heterocycles. The summed E-state index contributed by atoms with van der Waals surface area (Å²) in [5.41, 5.74) is 3.96. The van der Waals surface area contributed by atoms with Gasteiger partial charge >= 0.3 is 0 Å². The van der Waals surface area contributed by atoms with Crippen LogP contribution in [0.4, 0.5) is 4.39 Å². The van der Waals surface area contributed by atoms with Gasteiger partial charge in [-0.25, -0.2) is 4.39 Å². The molecule has 0 atom stereocenters. The predicted molar refractivity (Wildman–Crippen MR) is 115 cm³/mol. The van der Waals surface area contributed by atoms with Crippen LogP contribution in [-0.2, 0) is 19.4 Å². The van der Waals surface area contributed by atoms with Gasteiger partial charge < -0.3 is 10.2 Å². The van der Waals surface area contributed by atoms with Crippen LogP contribution in [0.5, 0.6) is 0 Å². The van der Waals surface area contributed by atoms with Crippen LogP contribution in [0.3, 0.4) is 0 Å². The summed E-state index contributed by atoms with van der Waals surface area (Å²) < 4.78 is 13.9. The third kappa shape index (κ3) is 4.66. The number of nitrogens with one attached hydrogen (secondary N) is 2. The average molecular weight is 420 g/mol. The molecule has 1 aliphatic heterocycles. The Balaban J connectivity index is 1.38. The number of benzene rings is 2. The largest absolute Gasteiger partial charge is 0.351 e. The minimum Gasteiger partial charge on any atom is -0.351 e. The van der Waals surface area contributed by atoms with Crippen LogP contribution < -0.4 is 5.32 Å². The van der Waals surface area contributed by atoms with Gasteiger partial charge in [0, 0.05) is 36.3 Å². The van der Waals surface area contributed by atoms with Crippen molar-refractivity contribution in [2.75, 3.05) is 13.1 Å². The SMILES string of the molecule is Cc1ccc(C(=O)N2CCc3[nH]nc(C(=O)NCCCc4ccccc4)c3C2)cc1F. The number of fused-ring (bicyclic) bond motifs is 1. The number of carbonyl (C=O) groups is 2. The van der Waals surface area contributed by atoms with E-state index in [9.17, 15) is 14.0 Å². The molecule has 31 heavy (non-hydrogen) atoms. The highest BCUT2D eigenvalue weighted by molar-refractivity contribution is 5.96. The lowest BCUT2D eigenvalue weighted by atomic mass is 10.0. The molecule has 1 aliphatic rings. The van der Waals surface area contributed by atoms with Gasteiger partial charge in [0.25, 0.3) is 11.8 Å². The van der Waals surface area contributed by atoms with Crippen molar-refractivity contribution in [2.45, 2.75) is 32.7 Å². The van der Waals surface area contributed by atoms with Crippen molar-refractivity contribution < 1.29 is 14.0 Å². The molecule has 6 nitrogen and oxygen atoms in total. The maximum absolute atomic E-state index is 13.9. The number of aryl methyl sites for hydroxylation is 2. The molecule has 0 unspecified atom stereocenters. The molecule has 2 heterocycles. The van der Waals surface area contributed by atoms with E-state index in [0.717, 1.165) is 24.1 Å². The van der Waals surface area contributed by atoms with E-state index in [2.05, 4.69) is 27.6 Å². The van der Waals surface area contributed by atoms with E-state index in [0.29, 0.717) is 36.3 Å². The molecule has 4 rings (SSSR count). The van der Waals surface area contributed by atoms with Crippen LogP contribution in [0.15, 0.2) is 48.5 Å². The number of hydrogen-bond acceptors (Lipinski definition) is 3. The Hall–Kier alpha value is -3.48. The third-order valence-corrected chi connectivity index (χ3v) is 5.63. The quantitative estimate of drug-likeness (QED) is 0.600. The fraction of sp³-hybridized carbons (Fsp3) is 0.292. The van der Waals surface area contributed by atoms with Gasteiger partial charge in [-0.3, -0.25) is 14.7 Å². The number of amides is 2. The zero-order chi connectivity index (χ0) is 21.8. The summed E-state index contributed by atoms with van der Waals surface area (Å²) in [5, 5.41) is 10.0.